The van der Waals surface area contributed by atoms with Gasteiger partial charge in [-0.15, -0.1) is 0 Å². The van der Waals surface area contributed by atoms with Crippen LogP contribution in [0.1, 0.15) is 17.2 Å². The number of carbonyl (C=O) groups excluding carboxylic acids is 1. The lowest BCUT2D eigenvalue weighted by Gasteiger charge is -2.52. The Kier molecular flexibility index (Phi) is 4.75. The Morgan fingerprint density at radius 2 is 1.38 bits per heavy atom. The van der Waals surface area contributed by atoms with Crippen molar-refractivity contribution in [2.24, 2.45) is 0 Å². The highest BCUT2D eigenvalue weighted by molar-refractivity contribution is 8.03. The summed E-state index contributed by atoms with van der Waals surface area (Å²) in [4.78, 5) is 15.9. The topological polar surface area (TPSA) is 20.3 Å². The zero-order valence-electron chi connectivity index (χ0n) is 14.1. The van der Waals surface area contributed by atoms with E-state index in [1.807, 2.05) is 95.9 Å². The van der Waals surface area contributed by atoms with Crippen LogP contribution < -0.4 is 0 Å². The third kappa shape index (κ3) is 3.13. The van der Waals surface area contributed by atoms with Crippen LogP contribution in [0, 0.1) is 0 Å². The van der Waals surface area contributed by atoms with Gasteiger partial charge in [-0.1, -0.05) is 102 Å². The molecule has 1 heterocycles. The minimum absolute atomic E-state index is 0.0364. The van der Waals surface area contributed by atoms with E-state index in [0.29, 0.717) is 6.54 Å². The SMILES string of the molecule is O=C1N(Cc2ccccc2)[C@H](c2ccccc2)[C@]1(Cl)Sc1ccccc1. The first kappa shape index (κ1) is 17.2. The minimum atomic E-state index is -1.02. The molecule has 1 amide bonds. The molecule has 1 saturated heterocycles. The lowest BCUT2D eigenvalue weighted by molar-refractivity contribution is -0.148. The number of hydrogen-bond acceptors (Lipinski definition) is 2. The Balaban J connectivity index is 1.66. The highest BCUT2D eigenvalue weighted by Crippen LogP contribution is 2.57. The number of rotatable bonds is 5. The fraction of sp³-hybridized carbons (Fsp3) is 0.136. The summed E-state index contributed by atoms with van der Waals surface area (Å²) in [6.07, 6.45) is 0. The Morgan fingerprint density at radius 3 is 2.00 bits per heavy atom. The number of alkyl halides is 1. The van der Waals surface area contributed by atoms with Gasteiger partial charge >= 0.3 is 0 Å². The van der Waals surface area contributed by atoms with Crippen molar-refractivity contribution in [3.05, 3.63) is 102 Å². The van der Waals surface area contributed by atoms with Gasteiger partial charge in [0.25, 0.3) is 5.91 Å². The summed E-state index contributed by atoms with van der Waals surface area (Å²) in [5.74, 6) is -0.0364. The first-order chi connectivity index (χ1) is 12.7. The summed E-state index contributed by atoms with van der Waals surface area (Å²) < 4.78 is -1.02. The zero-order chi connectivity index (χ0) is 18.0. The number of carbonyl (C=O) groups is 1. The van der Waals surface area contributed by atoms with Crippen LogP contribution in [-0.4, -0.2) is 15.0 Å². The molecule has 130 valence electrons. The van der Waals surface area contributed by atoms with E-state index in [0.717, 1.165) is 16.0 Å². The van der Waals surface area contributed by atoms with E-state index in [1.165, 1.54) is 11.8 Å². The number of hydrogen-bond donors (Lipinski definition) is 0. The standard InChI is InChI=1S/C22H18ClNOS/c23-22(26-19-14-8-3-9-15-19)20(18-12-6-2-7-13-18)24(21(22)25)16-17-10-4-1-5-11-17/h1-15,20H,16H2/t20-,22+/m1/s1. The van der Waals surface area contributed by atoms with Crippen LogP contribution in [0.5, 0.6) is 0 Å². The number of amides is 1. The van der Waals surface area contributed by atoms with Crippen LogP contribution in [0.3, 0.4) is 0 Å². The van der Waals surface area contributed by atoms with Crippen molar-refractivity contribution in [1.29, 1.82) is 0 Å². The largest absolute Gasteiger partial charge is 0.326 e. The second-order valence-electron chi connectivity index (χ2n) is 6.29. The molecule has 26 heavy (non-hydrogen) atoms. The van der Waals surface area contributed by atoms with Crippen molar-refractivity contribution < 1.29 is 4.79 Å². The normalized spacial score (nSPS) is 22.1. The van der Waals surface area contributed by atoms with Crippen LogP contribution >= 0.6 is 23.4 Å². The lowest BCUT2D eigenvalue weighted by atomic mass is 9.92. The highest BCUT2D eigenvalue weighted by Gasteiger charge is 2.61. The van der Waals surface area contributed by atoms with Crippen molar-refractivity contribution in [1.82, 2.24) is 4.90 Å². The average molecular weight is 380 g/mol. The molecule has 2 nitrogen and oxygen atoms in total. The van der Waals surface area contributed by atoms with Gasteiger partial charge in [0.1, 0.15) is 0 Å². The van der Waals surface area contributed by atoms with Crippen molar-refractivity contribution in [3.63, 3.8) is 0 Å². The fourth-order valence-electron chi connectivity index (χ4n) is 3.30. The number of β-lactam (4-membered cyclic amide) rings is 1. The average Bonchev–Trinajstić information content (AvgIpc) is 2.69. The molecule has 1 fully saturated rings. The molecule has 4 heteroatoms. The molecule has 0 unspecified atom stereocenters. The molecular formula is C22H18ClNOS. The van der Waals surface area contributed by atoms with Crippen LogP contribution in [-0.2, 0) is 11.3 Å². The van der Waals surface area contributed by atoms with Crippen molar-refractivity contribution in [2.45, 2.75) is 21.7 Å². The van der Waals surface area contributed by atoms with E-state index >= 15 is 0 Å². The molecule has 0 aromatic heterocycles. The second-order valence-corrected chi connectivity index (χ2v) is 8.43. The first-order valence-corrected chi connectivity index (χ1v) is 9.71. The predicted molar refractivity (Wildman–Crippen MR) is 107 cm³/mol. The number of nitrogens with zero attached hydrogens (tertiary/aromatic N) is 1. The number of halogens is 1. The van der Waals surface area contributed by atoms with Gasteiger partial charge in [0.15, 0.2) is 4.21 Å². The maximum Gasteiger partial charge on any atom is 0.257 e. The maximum atomic E-state index is 13.0. The van der Waals surface area contributed by atoms with E-state index in [-0.39, 0.29) is 11.9 Å². The zero-order valence-corrected chi connectivity index (χ0v) is 15.7. The molecule has 4 rings (SSSR count). The summed E-state index contributed by atoms with van der Waals surface area (Å²) in [7, 11) is 0. The van der Waals surface area contributed by atoms with Gasteiger partial charge in [-0.25, -0.2) is 0 Å². The molecule has 1 aliphatic heterocycles. The van der Waals surface area contributed by atoms with Crippen LogP contribution in [0.15, 0.2) is 95.9 Å². The smallest absolute Gasteiger partial charge is 0.257 e. The van der Waals surface area contributed by atoms with E-state index in [4.69, 9.17) is 11.6 Å². The molecule has 0 saturated carbocycles. The third-order valence-corrected chi connectivity index (χ3v) is 6.34. The van der Waals surface area contributed by atoms with Crippen LogP contribution in [0.4, 0.5) is 0 Å². The molecule has 1 aliphatic rings. The van der Waals surface area contributed by atoms with Gasteiger partial charge in [-0.3, -0.25) is 4.79 Å². The molecule has 3 aromatic carbocycles. The van der Waals surface area contributed by atoms with E-state index < -0.39 is 4.21 Å². The lowest BCUT2D eigenvalue weighted by Crippen LogP contribution is -2.63. The molecule has 0 bridgehead atoms. The van der Waals surface area contributed by atoms with Gasteiger partial charge in [0.05, 0.1) is 6.04 Å². The second kappa shape index (κ2) is 7.18. The van der Waals surface area contributed by atoms with Crippen molar-refractivity contribution in [2.75, 3.05) is 0 Å². The van der Waals surface area contributed by atoms with Crippen molar-refractivity contribution >= 4 is 29.3 Å². The van der Waals surface area contributed by atoms with Gasteiger partial charge < -0.3 is 4.90 Å². The van der Waals surface area contributed by atoms with E-state index in [9.17, 15) is 4.79 Å². The van der Waals surface area contributed by atoms with Crippen molar-refractivity contribution in [3.8, 4) is 0 Å². The molecule has 0 spiro atoms. The van der Waals surface area contributed by atoms with Gasteiger partial charge in [0, 0.05) is 11.4 Å². The Labute approximate surface area is 162 Å². The van der Waals surface area contributed by atoms with E-state index in [2.05, 4.69) is 0 Å². The molecule has 0 aliphatic carbocycles. The Morgan fingerprint density at radius 1 is 0.846 bits per heavy atom. The number of benzene rings is 3. The quantitative estimate of drug-likeness (QED) is 0.431. The summed E-state index contributed by atoms with van der Waals surface area (Å²) in [5, 5.41) is 0. The first-order valence-electron chi connectivity index (χ1n) is 8.51. The summed E-state index contributed by atoms with van der Waals surface area (Å²) >= 11 is 8.36. The van der Waals surface area contributed by atoms with Gasteiger partial charge in [0.2, 0.25) is 0 Å². The predicted octanol–water partition coefficient (Wildman–Crippen LogP) is 5.50. The summed E-state index contributed by atoms with van der Waals surface area (Å²) in [6, 6.07) is 29.8. The number of likely N-dealkylation sites (tertiary alicyclic amines) is 1. The van der Waals surface area contributed by atoms with Crippen LogP contribution in [0.25, 0.3) is 0 Å². The third-order valence-electron chi connectivity index (χ3n) is 4.54. The monoisotopic (exact) mass is 379 g/mol. The molecule has 2 atom stereocenters. The Hall–Kier alpha value is -2.23. The number of thioether (sulfide) groups is 1. The molecule has 0 N–H and O–H groups in total. The Bertz CT molecular complexity index is 888. The van der Waals surface area contributed by atoms with Gasteiger partial charge in [-0.05, 0) is 23.3 Å². The molecule has 0 radical (unpaired) electrons. The minimum Gasteiger partial charge on any atom is -0.326 e. The van der Waals surface area contributed by atoms with E-state index in [1.54, 1.807) is 0 Å². The maximum absolute atomic E-state index is 13.0. The highest BCUT2D eigenvalue weighted by atomic mass is 35.5. The van der Waals surface area contributed by atoms with Gasteiger partial charge in [-0.2, -0.15) is 0 Å². The van der Waals surface area contributed by atoms with Crippen LogP contribution in [0.2, 0.25) is 0 Å². The summed E-state index contributed by atoms with van der Waals surface area (Å²) in [5.41, 5.74) is 2.16. The fourth-order valence-corrected chi connectivity index (χ4v) is 5.13. The summed E-state index contributed by atoms with van der Waals surface area (Å²) in [6.45, 7) is 0.559. The molecular weight excluding hydrogens is 362 g/mol. The molecule has 3 aromatic rings.